The Hall–Kier alpha value is -4.29. The lowest BCUT2D eigenvalue weighted by Crippen LogP contribution is -2.43. The number of likely N-dealkylation sites (N-methyl/N-ethyl adjacent to an activating group) is 1. The number of fused-ring (bicyclic) bond motifs is 1. The standard InChI is InChI=1S/C26H26F5N5O3/c1-6-15-9-8-10-18(27)22(15)36-24(38)17-11-19(28)20(12-16(17)21(33-36)13(3)26(29,30)31)34(5)25(39)35(7-2)14(4)23(32)37/h8-13H,4,6-7H2,1-3,5H3,(H2,32,37). The van der Waals surface area contributed by atoms with Gasteiger partial charge in [-0.3, -0.25) is 19.4 Å². The maximum atomic E-state index is 15.4. The molecule has 0 aliphatic carbocycles. The fourth-order valence-corrected chi connectivity index (χ4v) is 4.10. The van der Waals surface area contributed by atoms with Crippen LogP contribution in [0.1, 0.15) is 37.9 Å². The molecule has 0 bridgehead atoms. The van der Waals surface area contributed by atoms with Gasteiger partial charge in [0.2, 0.25) is 0 Å². The summed E-state index contributed by atoms with van der Waals surface area (Å²) in [6.07, 6.45) is -4.60. The van der Waals surface area contributed by atoms with Gasteiger partial charge in [-0.1, -0.05) is 25.6 Å². The summed E-state index contributed by atoms with van der Waals surface area (Å²) in [4.78, 5) is 39.5. The minimum Gasteiger partial charge on any atom is -0.364 e. The van der Waals surface area contributed by atoms with Crippen LogP contribution in [0.2, 0.25) is 0 Å². The van der Waals surface area contributed by atoms with Crippen LogP contribution >= 0.6 is 0 Å². The summed E-state index contributed by atoms with van der Waals surface area (Å²) in [6, 6.07) is 4.52. The van der Waals surface area contributed by atoms with Crippen molar-refractivity contribution in [1.29, 1.82) is 0 Å². The fraction of sp³-hybridized carbons (Fsp3) is 0.308. The fourth-order valence-electron chi connectivity index (χ4n) is 4.10. The molecule has 0 spiro atoms. The van der Waals surface area contributed by atoms with Crippen LogP contribution in [0.5, 0.6) is 0 Å². The Bertz CT molecular complexity index is 1530. The van der Waals surface area contributed by atoms with E-state index in [2.05, 4.69) is 11.7 Å². The van der Waals surface area contributed by atoms with Crippen molar-refractivity contribution in [3.05, 3.63) is 75.9 Å². The second-order valence-corrected chi connectivity index (χ2v) is 8.71. The molecule has 13 heteroatoms. The number of nitrogens with two attached hydrogens (primary N) is 1. The monoisotopic (exact) mass is 551 g/mol. The van der Waals surface area contributed by atoms with Crippen LogP contribution in [-0.4, -0.2) is 46.4 Å². The number of carbonyl (C=O) groups excluding carboxylic acids is 2. The van der Waals surface area contributed by atoms with Gasteiger partial charge in [-0.2, -0.15) is 23.0 Å². The topological polar surface area (TPSA) is 102 Å². The zero-order chi connectivity index (χ0) is 29.4. The molecule has 0 saturated heterocycles. The Balaban J connectivity index is 2.36. The second-order valence-electron chi connectivity index (χ2n) is 8.71. The summed E-state index contributed by atoms with van der Waals surface area (Å²) in [5, 5.41) is 3.03. The van der Waals surface area contributed by atoms with Crippen LogP contribution in [0.4, 0.5) is 32.4 Å². The quantitative estimate of drug-likeness (QED) is 0.338. The first-order valence-corrected chi connectivity index (χ1v) is 11.8. The minimum absolute atomic E-state index is 0.0782. The van der Waals surface area contributed by atoms with Gasteiger partial charge in [0, 0.05) is 19.0 Å². The number of halogens is 5. The van der Waals surface area contributed by atoms with Crippen molar-refractivity contribution < 1.29 is 31.5 Å². The summed E-state index contributed by atoms with van der Waals surface area (Å²) in [7, 11) is 1.12. The third-order valence-electron chi connectivity index (χ3n) is 6.36. The number of carbonyl (C=O) groups is 2. The van der Waals surface area contributed by atoms with Gasteiger partial charge in [0.05, 0.1) is 22.7 Å². The third-order valence-corrected chi connectivity index (χ3v) is 6.36. The molecule has 2 N–H and O–H groups in total. The molecule has 1 aromatic heterocycles. The number of hydrogen-bond donors (Lipinski definition) is 1. The van der Waals surface area contributed by atoms with Gasteiger partial charge >= 0.3 is 12.2 Å². The van der Waals surface area contributed by atoms with Gasteiger partial charge in [-0.15, -0.1) is 0 Å². The summed E-state index contributed by atoms with van der Waals surface area (Å²) in [5.41, 5.74) is 2.52. The second kappa shape index (κ2) is 10.8. The maximum Gasteiger partial charge on any atom is 0.397 e. The largest absolute Gasteiger partial charge is 0.397 e. The Morgan fingerprint density at radius 2 is 1.77 bits per heavy atom. The van der Waals surface area contributed by atoms with Crippen molar-refractivity contribution in [2.45, 2.75) is 39.3 Å². The highest BCUT2D eigenvalue weighted by atomic mass is 19.4. The van der Waals surface area contributed by atoms with E-state index in [1.807, 2.05) is 0 Å². The van der Waals surface area contributed by atoms with E-state index in [0.717, 1.165) is 35.9 Å². The molecule has 3 amide bonds. The van der Waals surface area contributed by atoms with Gasteiger partial charge in [-0.25, -0.2) is 13.6 Å². The van der Waals surface area contributed by atoms with Gasteiger partial charge in [0.25, 0.3) is 11.5 Å². The molecule has 1 unspecified atom stereocenters. The predicted molar refractivity (Wildman–Crippen MR) is 136 cm³/mol. The number of aromatic nitrogens is 2. The summed E-state index contributed by atoms with van der Waals surface area (Å²) < 4.78 is 72.5. The molecule has 0 radical (unpaired) electrons. The predicted octanol–water partition coefficient (Wildman–Crippen LogP) is 4.77. The molecule has 0 aliphatic heterocycles. The van der Waals surface area contributed by atoms with E-state index >= 15 is 4.39 Å². The number of benzene rings is 2. The number of urea groups is 1. The highest BCUT2D eigenvalue weighted by Gasteiger charge is 2.40. The normalized spacial score (nSPS) is 12.3. The van der Waals surface area contributed by atoms with E-state index < -0.39 is 58.0 Å². The number of aryl methyl sites for hydroxylation is 1. The zero-order valence-corrected chi connectivity index (χ0v) is 21.6. The van der Waals surface area contributed by atoms with E-state index in [4.69, 9.17) is 5.73 Å². The molecule has 3 aromatic rings. The first-order valence-electron chi connectivity index (χ1n) is 11.8. The Labute approximate surface area is 220 Å². The molecule has 0 fully saturated rings. The van der Waals surface area contributed by atoms with Crippen LogP contribution in [0.3, 0.4) is 0 Å². The van der Waals surface area contributed by atoms with Crippen molar-refractivity contribution in [3.63, 3.8) is 0 Å². The summed E-state index contributed by atoms with van der Waals surface area (Å²) in [6.45, 7) is 7.31. The van der Waals surface area contributed by atoms with Gasteiger partial charge in [-0.05, 0) is 44.0 Å². The maximum absolute atomic E-state index is 15.4. The first kappa shape index (κ1) is 29.3. The number of nitrogens with zero attached hydrogens (tertiary/aromatic N) is 4. The lowest BCUT2D eigenvalue weighted by atomic mass is 10.00. The lowest BCUT2D eigenvalue weighted by Gasteiger charge is -2.28. The van der Waals surface area contributed by atoms with Gasteiger partial charge in [0.15, 0.2) is 0 Å². The number of rotatable bonds is 7. The van der Waals surface area contributed by atoms with Crippen LogP contribution in [-0.2, 0) is 11.2 Å². The number of primary amides is 1. The molecule has 8 nitrogen and oxygen atoms in total. The van der Waals surface area contributed by atoms with Crippen molar-refractivity contribution in [1.82, 2.24) is 14.7 Å². The number of hydrogen-bond acceptors (Lipinski definition) is 4. The zero-order valence-electron chi connectivity index (χ0n) is 21.6. The van der Waals surface area contributed by atoms with E-state index in [9.17, 15) is 31.9 Å². The van der Waals surface area contributed by atoms with Crippen molar-refractivity contribution in [2.24, 2.45) is 5.73 Å². The number of alkyl halides is 3. The molecule has 3 rings (SSSR count). The Kier molecular flexibility index (Phi) is 8.13. The minimum atomic E-state index is -4.83. The summed E-state index contributed by atoms with van der Waals surface area (Å²) >= 11 is 0. The van der Waals surface area contributed by atoms with Crippen LogP contribution in [0.25, 0.3) is 16.5 Å². The Morgan fingerprint density at radius 3 is 2.31 bits per heavy atom. The molecule has 2 aromatic carbocycles. The number of amides is 3. The van der Waals surface area contributed by atoms with Crippen LogP contribution in [0.15, 0.2) is 47.4 Å². The smallest absolute Gasteiger partial charge is 0.364 e. The molecule has 1 heterocycles. The summed E-state index contributed by atoms with van der Waals surface area (Å²) in [5.74, 6) is -5.30. The number of para-hydroxylation sites is 1. The highest BCUT2D eigenvalue weighted by Crippen LogP contribution is 2.38. The van der Waals surface area contributed by atoms with E-state index in [-0.39, 0.29) is 29.7 Å². The SMILES string of the molecule is C=C(C(N)=O)N(CC)C(=O)N(C)c1cc2c(C(C)C(F)(F)F)nn(-c3c(F)cccc3CC)c(=O)c2cc1F. The van der Waals surface area contributed by atoms with E-state index in [1.54, 1.807) is 6.92 Å². The van der Waals surface area contributed by atoms with Crippen LogP contribution < -0.4 is 16.2 Å². The third kappa shape index (κ3) is 5.33. The molecule has 0 aliphatic rings. The molecular weight excluding hydrogens is 525 g/mol. The van der Waals surface area contributed by atoms with Gasteiger partial charge in [0.1, 0.15) is 23.0 Å². The van der Waals surface area contributed by atoms with Crippen molar-refractivity contribution in [2.75, 3.05) is 18.5 Å². The van der Waals surface area contributed by atoms with Crippen molar-refractivity contribution in [3.8, 4) is 5.69 Å². The average molecular weight is 552 g/mol. The molecule has 1 atom stereocenters. The lowest BCUT2D eigenvalue weighted by molar-refractivity contribution is -0.147. The Morgan fingerprint density at radius 1 is 1.13 bits per heavy atom. The van der Waals surface area contributed by atoms with Gasteiger partial charge < -0.3 is 5.73 Å². The average Bonchev–Trinajstić information content (AvgIpc) is 2.87. The molecule has 208 valence electrons. The highest BCUT2D eigenvalue weighted by molar-refractivity contribution is 6.01. The molecule has 0 saturated carbocycles. The van der Waals surface area contributed by atoms with E-state index in [0.29, 0.717) is 16.3 Å². The molecule has 39 heavy (non-hydrogen) atoms. The number of anilines is 1. The van der Waals surface area contributed by atoms with E-state index in [1.165, 1.54) is 19.1 Å². The molecular formula is C26H26F5N5O3. The van der Waals surface area contributed by atoms with Crippen molar-refractivity contribution >= 4 is 28.4 Å². The first-order chi connectivity index (χ1) is 18.1. The van der Waals surface area contributed by atoms with Crippen LogP contribution in [0, 0.1) is 11.6 Å².